The number of carbonyl (C=O) groups is 1. The van der Waals surface area contributed by atoms with Gasteiger partial charge in [-0.1, -0.05) is 24.3 Å². The molecule has 0 fully saturated rings. The number of hydrogen-bond acceptors (Lipinski definition) is 5. The van der Waals surface area contributed by atoms with Crippen LogP contribution in [0.25, 0.3) is 21.9 Å². The van der Waals surface area contributed by atoms with Crippen molar-refractivity contribution in [2.45, 2.75) is 13.8 Å². The smallest absolute Gasteiger partial charge is 0.346 e. The fraction of sp³-hybridized carbons (Fsp3) is 0.136. The molecule has 6 nitrogen and oxygen atoms in total. The van der Waals surface area contributed by atoms with Crippen molar-refractivity contribution in [2.24, 2.45) is 0 Å². The Kier molecular flexibility index (Phi) is 4.53. The highest BCUT2D eigenvalue weighted by atomic mass is 16.5. The number of nitrogens with zero attached hydrogens (tertiary/aromatic N) is 1. The van der Waals surface area contributed by atoms with E-state index in [1.54, 1.807) is 43.3 Å². The van der Waals surface area contributed by atoms with E-state index in [0.717, 1.165) is 0 Å². The molecule has 2 heterocycles. The zero-order chi connectivity index (χ0) is 19.7. The number of anilines is 1. The fourth-order valence-corrected chi connectivity index (χ4v) is 3.21. The molecule has 0 aliphatic carbocycles. The van der Waals surface area contributed by atoms with Crippen molar-refractivity contribution in [2.75, 3.05) is 11.9 Å². The van der Waals surface area contributed by atoms with E-state index in [2.05, 4.69) is 10.3 Å². The van der Waals surface area contributed by atoms with Gasteiger partial charge in [-0.25, -0.2) is 9.78 Å². The maximum absolute atomic E-state index is 12.8. The molecule has 0 saturated carbocycles. The lowest BCUT2D eigenvalue weighted by molar-refractivity contribution is 0.102. The predicted molar refractivity (Wildman–Crippen MR) is 108 cm³/mol. The third-order valence-corrected chi connectivity index (χ3v) is 4.44. The Morgan fingerprint density at radius 1 is 1.14 bits per heavy atom. The number of aryl methyl sites for hydroxylation is 1. The summed E-state index contributed by atoms with van der Waals surface area (Å²) in [5.74, 6) is 0.533. The first kappa shape index (κ1) is 17.7. The quantitative estimate of drug-likeness (QED) is 0.425. The summed E-state index contributed by atoms with van der Waals surface area (Å²) in [4.78, 5) is 29.7. The summed E-state index contributed by atoms with van der Waals surface area (Å²) in [7, 11) is 0. The maximum Gasteiger partial charge on any atom is 0.346 e. The van der Waals surface area contributed by atoms with Crippen LogP contribution in [0, 0.1) is 6.92 Å². The molecular formula is C22H18N2O4. The highest BCUT2D eigenvalue weighted by Crippen LogP contribution is 2.26. The molecular weight excluding hydrogens is 356 g/mol. The Hall–Kier alpha value is -3.67. The van der Waals surface area contributed by atoms with Crippen LogP contribution >= 0.6 is 0 Å². The standard InChI is InChI=1S/C22H18N2O4/c1-3-27-16-10-6-5-9-15(16)21(25)24-18-12-13(2)19-20(23-18)14-8-4-7-11-17(14)28-22(19)26/h4-12H,3H2,1-2H3,(H,23,24,25). The lowest BCUT2D eigenvalue weighted by Crippen LogP contribution is -2.15. The van der Waals surface area contributed by atoms with E-state index in [9.17, 15) is 9.59 Å². The Morgan fingerprint density at radius 3 is 2.71 bits per heavy atom. The molecule has 2 aromatic heterocycles. The first-order valence-electron chi connectivity index (χ1n) is 8.95. The van der Waals surface area contributed by atoms with E-state index >= 15 is 0 Å². The Bertz CT molecular complexity index is 1260. The van der Waals surface area contributed by atoms with Gasteiger partial charge in [-0.2, -0.15) is 0 Å². The zero-order valence-electron chi connectivity index (χ0n) is 15.5. The SMILES string of the molecule is CCOc1ccccc1C(=O)Nc1cc(C)c2c(=O)oc3ccccc3c2n1. The third kappa shape index (κ3) is 3.09. The molecule has 0 aliphatic rings. The largest absolute Gasteiger partial charge is 0.493 e. The van der Waals surface area contributed by atoms with E-state index in [1.165, 1.54) is 0 Å². The first-order valence-corrected chi connectivity index (χ1v) is 8.95. The van der Waals surface area contributed by atoms with Crippen LogP contribution in [0.1, 0.15) is 22.8 Å². The van der Waals surface area contributed by atoms with Gasteiger partial charge in [0.2, 0.25) is 0 Å². The molecule has 0 bridgehead atoms. The van der Waals surface area contributed by atoms with Gasteiger partial charge in [0.15, 0.2) is 0 Å². The van der Waals surface area contributed by atoms with Gasteiger partial charge in [0, 0.05) is 5.39 Å². The van der Waals surface area contributed by atoms with Gasteiger partial charge in [0.05, 0.1) is 23.1 Å². The Labute approximate surface area is 160 Å². The Morgan fingerprint density at radius 2 is 1.89 bits per heavy atom. The number of benzene rings is 2. The molecule has 1 N–H and O–H groups in total. The van der Waals surface area contributed by atoms with E-state index in [1.807, 2.05) is 25.1 Å². The van der Waals surface area contributed by atoms with Gasteiger partial charge < -0.3 is 14.5 Å². The molecule has 0 spiro atoms. The predicted octanol–water partition coefficient (Wildman–Crippen LogP) is 4.30. The molecule has 1 amide bonds. The van der Waals surface area contributed by atoms with Crippen LogP contribution in [0.3, 0.4) is 0 Å². The van der Waals surface area contributed by atoms with Gasteiger partial charge in [0.25, 0.3) is 5.91 Å². The minimum Gasteiger partial charge on any atom is -0.493 e. The van der Waals surface area contributed by atoms with E-state index in [4.69, 9.17) is 9.15 Å². The fourth-order valence-electron chi connectivity index (χ4n) is 3.21. The normalized spacial score (nSPS) is 10.9. The van der Waals surface area contributed by atoms with Crippen molar-refractivity contribution in [1.82, 2.24) is 4.98 Å². The second-order valence-corrected chi connectivity index (χ2v) is 6.32. The summed E-state index contributed by atoms with van der Waals surface area (Å²) < 4.78 is 10.9. The maximum atomic E-state index is 12.8. The number of fused-ring (bicyclic) bond motifs is 3. The van der Waals surface area contributed by atoms with Crippen molar-refractivity contribution in [1.29, 1.82) is 0 Å². The van der Waals surface area contributed by atoms with Crippen LogP contribution in [-0.2, 0) is 0 Å². The summed E-state index contributed by atoms with van der Waals surface area (Å²) in [5.41, 5.74) is 1.61. The molecule has 4 rings (SSSR count). The zero-order valence-corrected chi connectivity index (χ0v) is 15.5. The summed E-state index contributed by atoms with van der Waals surface area (Å²) >= 11 is 0. The highest BCUT2D eigenvalue weighted by Gasteiger charge is 2.16. The van der Waals surface area contributed by atoms with Gasteiger partial charge in [-0.15, -0.1) is 0 Å². The molecule has 0 atom stereocenters. The Balaban J connectivity index is 1.81. The van der Waals surface area contributed by atoms with E-state index in [0.29, 0.717) is 51.2 Å². The first-order chi connectivity index (χ1) is 13.6. The molecule has 140 valence electrons. The molecule has 0 unspecified atom stereocenters. The van der Waals surface area contributed by atoms with Crippen LogP contribution in [0.4, 0.5) is 5.82 Å². The van der Waals surface area contributed by atoms with Crippen LogP contribution in [0.15, 0.2) is 63.8 Å². The van der Waals surface area contributed by atoms with Gasteiger partial charge >= 0.3 is 5.63 Å². The lowest BCUT2D eigenvalue weighted by Gasteiger charge is -2.11. The monoisotopic (exact) mass is 374 g/mol. The van der Waals surface area contributed by atoms with Crippen molar-refractivity contribution in [3.05, 3.63) is 76.1 Å². The number of amides is 1. The summed E-state index contributed by atoms with van der Waals surface area (Å²) in [6, 6.07) is 15.9. The summed E-state index contributed by atoms with van der Waals surface area (Å²) in [6.45, 7) is 4.11. The van der Waals surface area contributed by atoms with Crippen molar-refractivity contribution >= 4 is 33.6 Å². The lowest BCUT2D eigenvalue weighted by atomic mass is 10.1. The van der Waals surface area contributed by atoms with Crippen LogP contribution in [0.2, 0.25) is 0 Å². The number of carbonyl (C=O) groups excluding carboxylic acids is 1. The number of hydrogen-bond donors (Lipinski definition) is 1. The van der Waals surface area contributed by atoms with Crippen molar-refractivity contribution < 1.29 is 13.9 Å². The van der Waals surface area contributed by atoms with Crippen LogP contribution in [0.5, 0.6) is 5.75 Å². The number of para-hydroxylation sites is 2. The molecule has 0 saturated heterocycles. The summed E-state index contributed by atoms with van der Waals surface area (Å²) in [5, 5.41) is 3.93. The van der Waals surface area contributed by atoms with Crippen molar-refractivity contribution in [3.8, 4) is 5.75 Å². The minimum absolute atomic E-state index is 0.331. The third-order valence-electron chi connectivity index (χ3n) is 4.44. The van der Waals surface area contributed by atoms with Crippen LogP contribution in [-0.4, -0.2) is 17.5 Å². The number of aromatic nitrogens is 1. The average Bonchev–Trinajstić information content (AvgIpc) is 2.68. The highest BCUT2D eigenvalue weighted by molar-refractivity contribution is 6.08. The second-order valence-electron chi connectivity index (χ2n) is 6.32. The number of pyridine rings is 1. The molecule has 0 radical (unpaired) electrons. The van der Waals surface area contributed by atoms with E-state index in [-0.39, 0.29) is 5.91 Å². The minimum atomic E-state index is -0.446. The number of ether oxygens (including phenoxy) is 1. The molecule has 2 aromatic carbocycles. The van der Waals surface area contributed by atoms with Crippen molar-refractivity contribution in [3.63, 3.8) is 0 Å². The van der Waals surface area contributed by atoms with E-state index < -0.39 is 5.63 Å². The van der Waals surface area contributed by atoms with Gasteiger partial charge in [-0.3, -0.25) is 4.79 Å². The second kappa shape index (κ2) is 7.15. The number of nitrogens with one attached hydrogen (secondary N) is 1. The molecule has 4 aromatic rings. The molecule has 6 heteroatoms. The molecule has 0 aliphatic heterocycles. The van der Waals surface area contributed by atoms with Gasteiger partial charge in [0.1, 0.15) is 17.2 Å². The van der Waals surface area contributed by atoms with Gasteiger partial charge in [-0.05, 0) is 49.7 Å². The number of rotatable bonds is 4. The molecule has 28 heavy (non-hydrogen) atoms. The summed E-state index contributed by atoms with van der Waals surface area (Å²) in [6.07, 6.45) is 0. The average molecular weight is 374 g/mol. The topological polar surface area (TPSA) is 81.4 Å². The van der Waals surface area contributed by atoms with Crippen LogP contribution < -0.4 is 15.7 Å².